The Hall–Kier alpha value is -3.76. The number of urea groups is 1. The van der Waals surface area contributed by atoms with Crippen molar-refractivity contribution in [1.29, 1.82) is 0 Å². The van der Waals surface area contributed by atoms with E-state index in [1.165, 1.54) is 13.3 Å². The molecule has 4 rings (SSSR count). The minimum Gasteiger partial charge on any atom is -0.424 e. The molecule has 2 aromatic heterocycles. The maximum Gasteiger partial charge on any atom is 0.322 e. The van der Waals surface area contributed by atoms with Crippen LogP contribution in [-0.2, 0) is 11.3 Å². The summed E-state index contributed by atoms with van der Waals surface area (Å²) < 4.78 is 6.88. The fourth-order valence-corrected chi connectivity index (χ4v) is 3.35. The van der Waals surface area contributed by atoms with Crippen LogP contribution in [0, 0.1) is 0 Å². The van der Waals surface area contributed by atoms with Gasteiger partial charge in [-0.2, -0.15) is 0 Å². The highest BCUT2D eigenvalue weighted by atomic mass is 16.5. The summed E-state index contributed by atoms with van der Waals surface area (Å²) in [4.78, 5) is 36.4. The molecular weight excluding hydrogens is 388 g/mol. The number of esters is 1. The van der Waals surface area contributed by atoms with Gasteiger partial charge >= 0.3 is 12.0 Å². The number of ether oxygens (including phenoxy) is 1. The Morgan fingerprint density at radius 2 is 1.90 bits per heavy atom. The zero-order chi connectivity index (χ0) is 21.1. The van der Waals surface area contributed by atoms with Crippen LogP contribution in [0.25, 0.3) is 11.2 Å². The van der Waals surface area contributed by atoms with Gasteiger partial charge in [0.2, 0.25) is 0 Å². The molecule has 0 bridgehead atoms. The highest BCUT2D eigenvalue weighted by Crippen LogP contribution is 2.25. The molecule has 0 radical (unpaired) electrons. The molecule has 0 spiro atoms. The van der Waals surface area contributed by atoms with Gasteiger partial charge in [-0.1, -0.05) is 17.3 Å². The molecule has 1 N–H and O–H groups in total. The van der Waals surface area contributed by atoms with Crippen LogP contribution in [0.5, 0.6) is 5.75 Å². The third-order valence-electron chi connectivity index (χ3n) is 4.83. The molecule has 2 amide bonds. The van der Waals surface area contributed by atoms with Gasteiger partial charge in [-0.3, -0.25) is 4.79 Å². The Kier molecular flexibility index (Phi) is 5.42. The molecule has 1 aromatic carbocycles. The van der Waals surface area contributed by atoms with E-state index in [4.69, 9.17) is 4.74 Å². The Morgan fingerprint density at radius 3 is 2.63 bits per heavy atom. The monoisotopic (exact) mass is 410 g/mol. The second-order valence-electron chi connectivity index (χ2n) is 6.77. The van der Waals surface area contributed by atoms with E-state index in [1.54, 1.807) is 33.8 Å². The SMILES string of the molecule is CCn1nnc2c(N3CCN(C(=O)Nc4ccccc4OC(C)=O)CC3)ncnc21. The van der Waals surface area contributed by atoms with E-state index >= 15 is 0 Å². The second kappa shape index (κ2) is 8.31. The molecule has 1 saturated heterocycles. The number of rotatable bonds is 4. The number of para-hydroxylation sites is 2. The van der Waals surface area contributed by atoms with Crippen molar-refractivity contribution in [2.45, 2.75) is 20.4 Å². The largest absolute Gasteiger partial charge is 0.424 e. The summed E-state index contributed by atoms with van der Waals surface area (Å²) in [5, 5.41) is 11.2. The number of anilines is 2. The van der Waals surface area contributed by atoms with Crippen molar-refractivity contribution >= 4 is 34.7 Å². The van der Waals surface area contributed by atoms with Crippen LogP contribution in [0.3, 0.4) is 0 Å². The van der Waals surface area contributed by atoms with E-state index in [0.717, 1.165) is 5.82 Å². The molecule has 0 unspecified atom stereocenters. The predicted molar refractivity (Wildman–Crippen MR) is 109 cm³/mol. The fraction of sp³-hybridized carbons (Fsp3) is 0.368. The molecule has 0 saturated carbocycles. The molecule has 1 fully saturated rings. The molecule has 3 aromatic rings. The van der Waals surface area contributed by atoms with Crippen LogP contribution < -0.4 is 15.0 Å². The molecule has 156 valence electrons. The molecule has 0 aliphatic carbocycles. The summed E-state index contributed by atoms with van der Waals surface area (Å²) in [5.41, 5.74) is 1.81. The zero-order valence-electron chi connectivity index (χ0n) is 16.8. The van der Waals surface area contributed by atoms with Gasteiger partial charge in [-0.05, 0) is 19.1 Å². The normalized spacial score (nSPS) is 14.1. The quantitative estimate of drug-likeness (QED) is 0.508. The average molecular weight is 410 g/mol. The summed E-state index contributed by atoms with van der Waals surface area (Å²) in [6.45, 7) is 6.20. The number of piperazine rings is 1. The molecule has 1 aliphatic rings. The maximum atomic E-state index is 12.7. The molecule has 1 aliphatic heterocycles. The van der Waals surface area contributed by atoms with Crippen molar-refractivity contribution in [3.05, 3.63) is 30.6 Å². The van der Waals surface area contributed by atoms with Crippen LogP contribution >= 0.6 is 0 Å². The number of hydrogen-bond donors (Lipinski definition) is 1. The number of carbonyl (C=O) groups excluding carboxylic acids is 2. The number of nitrogens with one attached hydrogen (secondary N) is 1. The van der Waals surface area contributed by atoms with E-state index in [0.29, 0.717) is 55.3 Å². The lowest BCUT2D eigenvalue weighted by molar-refractivity contribution is -0.131. The summed E-state index contributed by atoms with van der Waals surface area (Å²) in [7, 11) is 0. The number of hydrogen-bond acceptors (Lipinski definition) is 8. The molecule has 0 atom stereocenters. The fourth-order valence-electron chi connectivity index (χ4n) is 3.35. The topological polar surface area (TPSA) is 118 Å². The lowest BCUT2D eigenvalue weighted by Crippen LogP contribution is -2.50. The highest BCUT2D eigenvalue weighted by Gasteiger charge is 2.25. The standard InChI is InChI=1S/C19H22N8O3/c1-3-27-18-16(23-24-27)17(20-12-21-18)25-8-10-26(11-9-25)19(29)22-14-6-4-5-7-15(14)30-13(2)28/h4-7,12H,3,8-11H2,1-2H3,(H,22,29). The van der Waals surface area contributed by atoms with E-state index < -0.39 is 5.97 Å². The summed E-state index contributed by atoms with van der Waals surface area (Å²) in [6, 6.07) is 6.59. The van der Waals surface area contributed by atoms with Crippen molar-refractivity contribution in [2.24, 2.45) is 0 Å². The first-order chi connectivity index (χ1) is 14.6. The molecule has 3 heterocycles. The molecule has 11 heteroatoms. The third-order valence-corrected chi connectivity index (χ3v) is 4.83. The average Bonchev–Trinajstić information content (AvgIpc) is 3.18. The van der Waals surface area contributed by atoms with E-state index in [2.05, 4.69) is 30.5 Å². The Balaban J connectivity index is 1.42. The second-order valence-corrected chi connectivity index (χ2v) is 6.77. The molecule has 11 nitrogen and oxygen atoms in total. The van der Waals surface area contributed by atoms with Crippen LogP contribution in [0.4, 0.5) is 16.3 Å². The van der Waals surface area contributed by atoms with Crippen molar-refractivity contribution in [1.82, 2.24) is 29.9 Å². The summed E-state index contributed by atoms with van der Waals surface area (Å²) >= 11 is 0. The third kappa shape index (κ3) is 3.86. The van der Waals surface area contributed by atoms with Crippen LogP contribution in [-0.4, -0.2) is 68.0 Å². The van der Waals surface area contributed by atoms with Gasteiger partial charge in [-0.15, -0.1) is 5.10 Å². The number of nitrogens with zero attached hydrogens (tertiary/aromatic N) is 7. The number of aromatic nitrogens is 5. The first-order valence-electron chi connectivity index (χ1n) is 9.69. The smallest absolute Gasteiger partial charge is 0.322 e. The van der Waals surface area contributed by atoms with Crippen molar-refractivity contribution < 1.29 is 14.3 Å². The number of fused-ring (bicyclic) bond motifs is 1. The van der Waals surface area contributed by atoms with E-state index in [-0.39, 0.29) is 6.03 Å². The van der Waals surface area contributed by atoms with Gasteiger partial charge in [0.25, 0.3) is 0 Å². The van der Waals surface area contributed by atoms with E-state index in [9.17, 15) is 9.59 Å². The Labute approximate surface area is 172 Å². The Bertz CT molecular complexity index is 1070. The van der Waals surface area contributed by atoms with Gasteiger partial charge < -0.3 is 19.9 Å². The van der Waals surface area contributed by atoms with Crippen LogP contribution in [0.15, 0.2) is 30.6 Å². The van der Waals surface area contributed by atoms with Gasteiger partial charge in [0, 0.05) is 39.6 Å². The highest BCUT2D eigenvalue weighted by molar-refractivity contribution is 5.92. The number of aryl methyl sites for hydroxylation is 1. The first kappa shape index (κ1) is 19.6. The van der Waals surface area contributed by atoms with Crippen molar-refractivity contribution in [3.8, 4) is 5.75 Å². The maximum absolute atomic E-state index is 12.7. The number of amides is 2. The van der Waals surface area contributed by atoms with Gasteiger partial charge in [0.05, 0.1) is 5.69 Å². The van der Waals surface area contributed by atoms with Gasteiger partial charge in [0.15, 0.2) is 22.7 Å². The summed E-state index contributed by atoms with van der Waals surface area (Å²) in [5.74, 6) is 0.598. The molecular formula is C19H22N8O3. The van der Waals surface area contributed by atoms with Crippen molar-refractivity contribution in [2.75, 3.05) is 36.4 Å². The first-order valence-corrected chi connectivity index (χ1v) is 9.69. The minimum absolute atomic E-state index is 0.251. The van der Waals surface area contributed by atoms with Crippen molar-refractivity contribution in [3.63, 3.8) is 0 Å². The lowest BCUT2D eigenvalue weighted by Gasteiger charge is -2.35. The number of carbonyl (C=O) groups is 2. The molecule has 30 heavy (non-hydrogen) atoms. The summed E-state index contributed by atoms with van der Waals surface area (Å²) in [6.07, 6.45) is 1.51. The number of benzene rings is 1. The Morgan fingerprint density at radius 1 is 1.13 bits per heavy atom. The lowest BCUT2D eigenvalue weighted by atomic mass is 10.3. The predicted octanol–water partition coefficient (Wildman–Crippen LogP) is 1.52. The van der Waals surface area contributed by atoms with Gasteiger partial charge in [0.1, 0.15) is 6.33 Å². The zero-order valence-corrected chi connectivity index (χ0v) is 16.8. The van der Waals surface area contributed by atoms with Gasteiger partial charge in [-0.25, -0.2) is 19.4 Å². The van der Waals surface area contributed by atoms with Crippen LogP contribution in [0.2, 0.25) is 0 Å². The van der Waals surface area contributed by atoms with Crippen LogP contribution in [0.1, 0.15) is 13.8 Å². The van der Waals surface area contributed by atoms with E-state index in [1.807, 2.05) is 6.92 Å². The minimum atomic E-state index is -0.443.